The molecule has 0 aromatic rings. The monoisotopic (exact) mass is 230 g/mol. The van der Waals surface area contributed by atoms with Crippen molar-refractivity contribution in [3.05, 3.63) is 0 Å². The normalized spacial score (nSPS) is 19.7. The van der Waals surface area contributed by atoms with Gasteiger partial charge in [-0.3, -0.25) is 4.79 Å². The fraction of sp³-hybridized carbons (Fsp3) is 0.909. The van der Waals surface area contributed by atoms with Crippen LogP contribution in [0.3, 0.4) is 0 Å². The molecule has 0 aliphatic heterocycles. The fourth-order valence-electron chi connectivity index (χ4n) is 1.37. The Morgan fingerprint density at radius 1 is 1.47 bits per heavy atom. The van der Waals surface area contributed by atoms with Crippen molar-refractivity contribution in [3.63, 3.8) is 0 Å². The zero-order valence-corrected chi connectivity index (χ0v) is 10.7. The molecule has 1 aliphatic carbocycles. The number of carbonyl (C=O) groups excluding carboxylic acids is 1. The molecule has 2 N–H and O–H groups in total. The lowest BCUT2D eigenvalue weighted by atomic mass is 10.2. The van der Waals surface area contributed by atoms with Gasteiger partial charge in [-0.15, -0.1) is 0 Å². The molecule has 2 unspecified atom stereocenters. The van der Waals surface area contributed by atoms with Gasteiger partial charge in [-0.05, 0) is 44.2 Å². The van der Waals surface area contributed by atoms with Crippen LogP contribution in [0.15, 0.2) is 0 Å². The first kappa shape index (κ1) is 12.8. The van der Waals surface area contributed by atoms with Crippen LogP contribution < -0.4 is 10.6 Å². The van der Waals surface area contributed by atoms with Crippen LogP contribution in [-0.4, -0.2) is 36.5 Å². The van der Waals surface area contributed by atoms with E-state index in [0.717, 1.165) is 25.1 Å². The van der Waals surface area contributed by atoms with Gasteiger partial charge >= 0.3 is 0 Å². The van der Waals surface area contributed by atoms with Crippen molar-refractivity contribution < 1.29 is 4.79 Å². The summed E-state index contributed by atoms with van der Waals surface area (Å²) >= 11 is 1.85. The van der Waals surface area contributed by atoms with Crippen LogP contribution >= 0.6 is 11.8 Å². The van der Waals surface area contributed by atoms with E-state index in [2.05, 4.69) is 23.8 Å². The Bertz CT molecular complexity index is 207. The number of thioether (sulfide) groups is 1. The molecule has 15 heavy (non-hydrogen) atoms. The topological polar surface area (TPSA) is 41.1 Å². The molecule has 0 bridgehead atoms. The highest BCUT2D eigenvalue weighted by Gasteiger charge is 2.25. The first-order valence-corrected chi connectivity index (χ1v) is 7.05. The maximum Gasteiger partial charge on any atom is 0.237 e. The standard InChI is InChI=1S/C11H22N2OS/c1-8(7-15-3)6-12-9(2)11(14)13-10-4-5-10/h8-10,12H,4-7H2,1-3H3,(H,13,14). The summed E-state index contributed by atoms with van der Waals surface area (Å²) in [5, 5.41) is 6.28. The number of amides is 1. The van der Waals surface area contributed by atoms with Crippen LogP contribution in [0.5, 0.6) is 0 Å². The minimum Gasteiger partial charge on any atom is -0.352 e. The zero-order chi connectivity index (χ0) is 11.3. The van der Waals surface area contributed by atoms with E-state index < -0.39 is 0 Å². The SMILES string of the molecule is CSCC(C)CNC(C)C(=O)NC1CC1. The van der Waals surface area contributed by atoms with Crippen LogP contribution in [0, 0.1) is 5.92 Å². The van der Waals surface area contributed by atoms with Crippen LogP contribution in [0.25, 0.3) is 0 Å². The van der Waals surface area contributed by atoms with Crippen LogP contribution in [0.4, 0.5) is 0 Å². The molecule has 0 aromatic carbocycles. The lowest BCUT2D eigenvalue weighted by Crippen LogP contribution is -2.44. The number of carbonyl (C=O) groups is 1. The molecule has 0 spiro atoms. The van der Waals surface area contributed by atoms with Gasteiger partial charge in [0.25, 0.3) is 0 Å². The van der Waals surface area contributed by atoms with Gasteiger partial charge in [-0.25, -0.2) is 0 Å². The number of hydrogen-bond acceptors (Lipinski definition) is 3. The molecule has 1 amide bonds. The minimum absolute atomic E-state index is 0.0603. The fourth-order valence-corrected chi connectivity index (χ4v) is 2.05. The maximum atomic E-state index is 11.6. The molecule has 3 nitrogen and oxygen atoms in total. The Kier molecular flexibility index (Phi) is 5.47. The number of nitrogens with one attached hydrogen (secondary N) is 2. The summed E-state index contributed by atoms with van der Waals surface area (Å²) in [6.07, 6.45) is 4.42. The lowest BCUT2D eigenvalue weighted by Gasteiger charge is -2.16. The highest BCUT2D eigenvalue weighted by molar-refractivity contribution is 7.98. The van der Waals surface area contributed by atoms with E-state index in [1.165, 1.54) is 0 Å². The van der Waals surface area contributed by atoms with Crippen LogP contribution in [0.1, 0.15) is 26.7 Å². The van der Waals surface area contributed by atoms with Crippen LogP contribution in [-0.2, 0) is 4.79 Å². The van der Waals surface area contributed by atoms with Gasteiger partial charge in [-0.1, -0.05) is 6.92 Å². The first-order valence-electron chi connectivity index (χ1n) is 5.66. The molecular formula is C11H22N2OS. The average Bonchev–Trinajstić information content (AvgIpc) is 2.98. The first-order chi connectivity index (χ1) is 7.13. The van der Waals surface area contributed by atoms with Gasteiger partial charge in [0.1, 0.15) is 0 Å². The van der Waals surface area contributed by atoms with Gasteiger partial charge in [0, 0.05) is 6.04 Å². The zero-order valence-electron chi connectivity index (χ0n) is 9.88. The summed E-state index contributed by atoms with van der Waals surface area (Å²) in [5.41, 5.74) is 0. The largest absolute Gasteiger partial charge is 0.352 e. The third kappa shape index (κ3) is 5.42. The average molecular weight is 230 g/mol. The summed E-state index contributed by atoms with van der Waals surface area (Å²) in [4.78, 5) is 11.6. The van der Waals surface area contributed by atoms with Crippen molar-refractivity contribution in [3.8, 4) is 0 Å². The summed E-state index contributed by atoms with van der Waals surface area (Å²) in [7, 11) is 0. The minimum atomic E-state index is -0.0603. The van der Waals surface area contributed by atoms with E-state index in [1.54, 1.807) is 0 Å². The second kappa shape index (κ2) is 6.38. The molecule has 1 aliphatic rings. The van der Waals surface area contributed by atoms with E-state index in [4.69, 9.17) is 0 Å². The summed E-state index contributed by atoms with van der Waals surface area (Å²) in [5.74, 6) is 1.91. The Morgan fingerprint density at radius 2 is 2.13 bits per heavy atom. The van der Waals surface area contributed by atoms with Crippen molar-refractivity contribution in [2.45, 2.75) is 38.8 Å². The Labute approximate surface area is 96.8 Å². The van der Waals surface area contributed by atoms with E-state index in [1.807, 2.05) is 18.7 Å². The third-order valence-corrected chi connectivity index (χ3v) is 3.44. The summed E-state index contributed by atoms with van der Waals surface area (Å²) in [6, 6.07) is 0.403. The molecule has 1 fully saturated rings. The molecule has 1 saturated carbocycles. The van der Waals surface area contributed by atoms with Crippen molar-refractivity contribution in [1.29, 1.82) is 0 Å². The van der Waals surface area contributed by atoms with Crippen molar-refractivity contribution >= 4 is 17.7 Å². The summed E-state index contributed by atoms with van der Waals surface area (Å²) < 4.78 is 0. The third-order valence-electron chi connectivity index (χ3n) is 2.54. The van der Waals surface area contributed by atoms with E-state index in [0.29, 0.717) is 12.0 Å². The van der Waals surface area contributed by atoms with Gasteiger partial charge in [0.15, 0.2) is 0 Å². The molecule has 0 radical (unpaired) electrons. The number of hydrogen-bond donors (Lipinski definition) is 2. The molecular weight excluding hydrogens is 208 g/mol. The second-order valence-electron chi connectivity index (χ2n) is 4.47. The molecule has 1 rings (SSSR count). The Balaban J connectivity index is 2.10. The van der Waals surface area contributed by atoms with Crippen molar-refractivity contribution in [2.24, 2.45) is 5.92 Å². The van der Waals surface area contributed by atoms with Gasteiger partial charge < -0.3 is 10.6 Å². The Morgan fingerprint density at radius 3 is 2.67 bits per heavy atom. The smallest absolute Gasteiger partial charge is 0.237 e. The second-order valence-corrected chi connectivity index (χ2v) is 5.38. The van der Waals surface area contributed by atoms with Gasteiger partial charge in [-0.2, -0.15) is 11.8 Å². The van der Waals surface area contributed by atoms with Crippen LogP contribution in [0.2, 0.25) is 0 Å². The molecule has 0 aromatic heterocycles. The maximum absolute atomic E-state index is 11.6. The Hall–Kier alpha value is -0.220. The number of rotatable bonds is 7. The van der Waals surface area contributed by atoms with E-state index in [-0.39, 0.29) is 11.9 Å². The van der Waals surface area contributed by atoms with Crippen molar-refractivity contribution in [1.82, 2.24) is 10.6 Å². The van der Waals surface area contributed by atoms with Gasteiger partial charge in [0.2, 0.25) is 5.91 Å². The summed E-state index contributed by atoms with van der Waals surface area (Å²) in [6.45, 7) is 5.05. The molecule has 0 heterocycles. The molecule has 0 saturated heterocycles. The quantitative estimate of drug-likeness (QED) is 0.691. The van der Waals surface area contributed by atoms with E-state index in [9.17, 15) is 4.79 Å². The van der Waals surface area contributed by atoms with Gasteiger partial charge in [0.05, 0.1) is 6.04 Å². The van der Waals surface area contributed by atoms with Crippen molar-refractivity contribution in [2.75, 3.05) is 18.6 Å². The lowest BCUT2D eigenvalue weighted by molar-refractivity contribution is -0.122. The highest BCUT2D eigenvalue weighted by Crippen LogP contribution is 2.18. The molecule has 2 atom stereocenters. The molecule has 4 heteroatoms. The predicted octanol–water partition coefficient (Wildman–Crippen LogP) is 1.24. The predicted molar refractivity (Wildman–Crippen MR) is 66.2 cm³/mol. The highest BCUT2D eigenvalue weighted by atomic mass is 32.2. The van der Waals surface area contributed by atoms with E-state index >= 15 is 0 Å². The molecule has 88 valence electrons.